The Morgan fingerprint density at radius 2 is 1.50 bits per heavy atom. The van der Waals surface area contributed by atoms with Crippen LogP contribution in [0.4, 0.5) is 0 Å². The summed E-state index contributed by atoms with van der Waals surface area (Å²) in [5.74, 6) is 0.712. The molecule has 168 valence electrons. The first kappa shape index (κ1) is 24.5. The van der Waals surface area contributed by atoms with E-state index < -0.39 is 9.84 Å². The van der Waals surface area contributed by atoms with Gasteiger partial charge in [0.1, 0.15) is 5.75 Å². The van der Waals surface area contributed by atoms with Gasteiger partial charge in [-0.25, -0.2) is 8.42 Å². The van der Waals surface area contributed by atoms with Crippen LogP contribution >= 0.6 is 0 Å². The van der Waals surface area contributed by atoms with Crippen LogP contribution in [0, 0.1) is 13.8 Å². The minimum atomic E-state index is -3.53. The van der Waals surface area contributed by atoms with E-state index >= 15 is 0 Å². The molecule has 30 heavy (non-hydrogen) atoms. The Balaban J connectivity index is 1.92. The predicted octanol–water partition coefficient (Wildman–Crippen LogP) is 5.15. The van der Waals surface area contributed by atoms with Crippen molar-refractivity contribution in [3.8, 4) is 5.75 Å². The number of hydrogen-bond donors (Lipinski definition) is 0. The average molecular weight is 435 g/mol. The Morgan fingerprint density at radius 3 is 2.00 bits per heavy atom. The Kier molecular flexibility index (Phi) is 9.43. The molecule has 0 N–H and O–H groups in total. The lowest BCUT2D eigenvalue weighted by atomic mass is 10.2. The molecule has 0 fully saturated rings. The molecule has 2 aromatic rings. The molecule has 1 aromatic carbocycles. The molecule has 5 nitrogen and oxygen atoms in total. The van der Waals surface area contributed by atoms with Crippen LogP contribution in [-0.4, -0.2) is 44.1 Å². The fourth-order valence-corrected chi connectivity index (χ4v) is 5.11. The molecule has 6 heteroatoms. The maximum atomic E-state index is 13.0. The van der Waals surface area contributed by atoms with E-state index in [9.17, 15) is 8.42 Å². The van der Waals surface area contributed by atoms with Crippen LogP contribution < -0.4 is 4.74 Å². The number of rotatable bonds is 13. The summed E-state index contributed by atoms with van der Waals surface area (Å²) < 4.78 is 33.7. The number of sulfone groups is 1. The van der Waals surface area contributed by atoms with Gasteiger partial charge >= 0.3 is 0 Å². The lowest BCUT2D eigenvalue weighted by Gasteiger charge is -2.21. The Morgan fingerprint density at radius 1 is 0.933 bits per heavy atom. The third kappa shape index (κ3) is 6.35. The molecule has 2 rings (SSSR count). The van der Waals surface area contributed by atoms with Gasteiger partial charge in [0.25, 0.3) is 0 Å². The van der Waals surface area contributed by atoms with Gasteiger partial charge in [0, 0.05) is 25.0 Å². The van der Waals surface area contributed by atoms with Crippen LogP contribution in [0.3, 0.4) is 0 Å². The summed E-state index contributed by atoms with van der Waals surface area (Å²) in [6.45, 7) is 12.2. The van der Waals surface area contributed by atoms with Gasteiger partial charge in [-0.3, -0.25) is 0 Å². The Bertz CT molecular complexity index is 878. The zero-order chi connectivity index (χ0) is 22.1. The van der Waals surface area contributed by atoms with Gasteiger partial charge in [-0.2, -0.15) is 0 Å². The molecule has 0 aliphatic heterocycles. The third-order valence-corrected chi connectivity index (χ3v) is 7.58. The molecule has 0 saturated carbocycles. The van der Waals surface area contributed by atoms with Gasteiger partial charge < -0.3 is 14.2 Å². The zero-order valence-corrected chi connectivity index (χ0v) is 20.1. The summed E-state index contributed by atoms with van der Waals surface area (Å²) in [4.78, 5) is 3.19. The molecule has 0 amide bonds. The van der Waals surface area contributed by atoms with Crippen molar-refractivity contribution in [3.05, 3.63) is 41.7 Å². The van der Waals surface area contributed by atoms with E-state index in [2.05, 4.69) is 18.7 Å². The van der Waals surface area contributed by atoms with Crippen LogP contribution in [0.25, 0.3) is 0 Å². The molecule has 0 aliphatic rings. The van der Waals surface area contributed by atoms with Crippen molar-refractivity contribution in [2.45, 2.75) is 69.6 Å². The number of unbranched alkanes of at least 4 members (excludes halogenated alkanes) is 2. The summed E-state index contributed by atoms with van der Waals surface area (Å²) >= 11 is 0. The van der Waals surface area contributed by atoms with Crippen LogP contribution in [0.1, 0.15) is 57.3 Å². The molecule has 1 heterocycles. The van der Waals surface area contributed by atoms with Gasteiger partial charge in [0.15, 0.2) is 0 Å². The van der Waals surface area contributed by atoms with Crippen LogP contribution in [0.15, 0.2) is 40.1 Å². The second kappa shape index (κ2) is 11.6. The summed E-state index contributed by atoms with van der Waals surface area (Å²) in [7, 11) is -1.64. The largest absolute Gasteiger partial charge is 0.494 e. The SMILES string of the molecule is CCCCN(CCCC)CCCOc1ccc(S(=O)(=O)c2cc(C)n(C)c2C)cc1. The van der Waals surface area contributed by atoms with E-state index in [-0.39, 0.29) is 0 Å². The molecule has 1 aromatic heterocycles. The van der Waals surface area contributed by atoms with E-state index in [1.165, 1.54) is 25.7 Å². The zero-order valence-electron chi connectivity index (χ0n) is 19.3. The van der Waals surface area contributed by atoms with E-state index in [1.807, 2.05) is 25.5 Å². The standard InChI is InChI=1S/C24H38N2O3S/c1-6-8-15-26(16-9-7-2)17-10-18-29-22-11-13-23(14-12-22)30(27,28)24-19-20(3)25(5)21(24)4/h11-14,19H,6-10,15-18H2,1-5H3. The highest BCUT2D eigenvalue weighted by Gasteiger charge is 2.23. The number of aryl methyl sites for hydroxylation is 1. The number of aromatic nitrogens is 1. The molecule has 0 radical (unpaired) electrons. The number of nitrogens with zero attached hydrogens (tertiary/aromatic N) is 2. The van der Waals surface area contributed by atoms with Gasteiger partial charge in [0.05, 0.1) is 16.4 Å². The van der Waals surface area contributed by atoms with Crippen molar-refractivity contribution in [2.75, 3.05) is 26.2 Å². The first-order valence-corrected chi connectivity index (χ1v) is 12.6. The molecule has 0 spiro atoms. The number of hydrogen-bond acceptors (Lipinski definition) is 4. The normalized spacial score (nSPS) is 11.9. The van der Waals surface area contributed by atoms with Crippen molar-refractivity contribution >= 4 is 9.84 Å². The highest BCUT2D eigenvalue weighted by molar-refractivity contribution is 7.91. The van der Waals surface area contributed by atoms with E-state index in [0.29, 0.717) is 22.1 Å². The van der Waals surface area contributed by atoms with Gasteiger partial charge in [-0.1, -0.05) is 26.7 Å². The summed E-state index contributed by atoms with van der Waals surface area (Å²) in [5.41, 5.74) is 1.68. The maximum absolute atomic E-state index is 13.0. The van der Waals surface area contributed by atoms with Crippen molar-refractivity contribution in [1.82, 2.24) is 9.47 Å². The van der Waals surface area contributed by atoms with Crippen LogP contribution in [0.2, 0.25) is 0 Å². The monoisotopic (exact) mass is 434 g/mol. The van der Waals surface area contributed by atoms with E-state index in [0.717, 1.165) is 37.4 Å². The topological polar surface area (TPSA) is 51.5 Å². The predicted molar refractivity (Wildman–Crippen MR) is 123 cm³/mol. The van der Waals surface area contributed by atoms with Gasteiger partial charge in [0.2, 0.25) is 9.84 Å². The average Bonchev–Trinajstić information content (AvgIpc) is 3.00. The number of ether oxygens (including phenoxy) is 1. The molecule has 0 saturated heterocycles. The minimum absolute atomic E-state index is 0.300. The quantitative estimate of drug-likeness (QED) is 0.409. The van der Waals surface area contributed by atoms with Crippen molar-refractivity contribution in [2.24, 2.45) is 7.05 Å². The van der Waals surface area contributed by atoms with Crippen LogP contribution in [0.5, 0.6) is 5.75 Å². The summed E-state index contributed by atoms with van der Waals surface area (Å²) in [6, 6.07) is 8.52. The molecule has 0 atom stereocenters. The maximum Gasteiger partial charge on any atom is 0.208 e. The third-order valence-electron chi connectivity index (χ3n) is 5.70. The van der Waals surface area contributed by atoms with E-state index in [1.54, 1.807) is 30.3 Å². The number of benzene rings is 1. The Hall–Kier alpha value is -1.79. The summed E-state index contributed by atoms with van der Waals surface area (Å²) in [6.07, 6.45) is 5.88. The van der Waals surface area contributed by atoms with E-state index in [4.69, 9.17) is 4.74 Å². The van der Waals surface area contributed by atoms with Crippen molar-refractivity contribution in [3.63, 3.8) is 0 Å². The fraction of sp³-hybridized carbons (Fsp3) is 0.583. The molecule has 0 bridgehead atoms. The molecule has 0 unspecified atom stereocenters. The second-order valence-electron chi connectivity index (χ2n) is 8.02. The second-order valence-corrected chi connectivity index (χ2v) is 9.94. The highest BCUT2D eigenvalue weighted by atomic mass is 32.2. The molecular weight excluding hydrogens is 396 g/mol. The van der Waals surface area contributed by atoms with Crippen LogP contribution in [-0.2, 0) is 16.9 Å². The minimum Gasteiger partial charge on any atom is -0.494 e. The first-order valence-electron chi connectivity index (χ1n) is 11.1. The highest BCUT2D eigenvalue weighted by Crippen LogP contribution is 2.27. The van der Waals surface area contributed by atoms with Crippen molar-refractivity contribution < 1.29 is 13.2 Å². The lowest BCUT2D eigenvalue weighted by Crippen LogP contribution is -2.28. The van der Waals surface area contributed by atoms with Gasteiger partial charge in [-0.15, -0.1) is 0 Å². The lowest BCUT2D eigenvalue weighted by molar-refractivity contribution is 0.229. The fourth-order valence-electron chi connectivity index (χ4n) is 3.51. The smallest absolute Gasteiger partial charge is 0.208 e. The van der Waals surface area contributed by atoms with Gasteiger partial charge in [-0.05, 0) is 76.5 Å². The van der Waals surface area contributed by atoms with Crippen molar-refractivity contribution in [1.29, 1.82) is 0 Å². The Labute approximate surface area is 183 Å². The first-order chi connectivity index (χ1) is 14.3. The summed E-state index contributed by atoms with van der Waals surface area (Å²) in [5, 5.41) is 0. The molecular formula is C24H38N2O3S. The molecule has 0 aliphatic carbocycles.